The highest BCUT2D eigenvalue weighted by Gasteiger charge is 2.70. The van der Waals surface area contributed by atoms with Gasteiger partial charge in [-0.2, -0.15) is 0 Å². The molecule has 0 aromatic heterocycles. The predicted molar refractivity (Wildman–Crippen MR) is 276 cm³/mol. The third-order valence-corrected chi connectivity index (χ3v) is 22.3. The van der Waals surface area contributed by atoms with Crippen LogP contribution < -0.4 is 0 Å². The Kier molecular flexibility index (Phi) is 17.6. The lowest BCUT2D eigenvalue weighted by atomic mass is 9.33. The third-order valence-electron chi connectivity index (χ3n) is 22.3. The Balaban J connectivity index is 0.809. The lowest BCUT2D eigenvalue weighted by Gasteiger charge is -2.71. The van der Waals surface area contributed by atoms with Crippen molar-refractivity contribution in [1.29, 1.82) is 0 Å². The van der Waals surface area contributed by atoms with Gasteiger partial charge in [0.25, 0.3) is 0 Å². The Labute approximate surface area is 472 Å². The van der Waals surface area contributed by atoms with Gasteiger partial charge in [-0.3, -0.25) is 4.79 Å². The van der Waals surface area contributed by atoms with Crippen molar-refractivity contribution >= 4 is 5.97 Å². The average molecular weight is 1160 g/mol. The molecule has 81 heavy (non-hydrogen) atoms. The van der Waals surface area contributed by atoms with Crippen LogP contribution in [0.25, 0.3) is 0 Å². The van der Waals surface area contributed by atoms with Crippen LogP contribution in [0.1, 0.15) is 120 Å². The number of rotatable bonds is 11. The van der Waals surface area contributed by atoms with Gasteiger partial charge in [0, 0.05) is 0 Å². The van der Waals surface area contributed by atoms with E-state index in [0.717, 1.165) is 38.5 Å². The number of aliphatic hydroxyl groups excluding tert-OH is 13. The predicted octanol–water partition coefficient (Wildman–Crippen LogP) is -1.27. The van der Waals surface area contributed by atoms with E-state index in [2.05, 4.69) is 54.5 Å². The number of aliphatic hydroxyl groups is 13. The van der Waals surface area contributed by atoms with Gasteiger partial charge in [0.15, 0.2) is 25.2 Å². The zero-order valence-electron chi connectivity index (χ0n) is 47.8. The van der Waals surface area contributed by atoms with Gasteiger partial charge in [-0.05, 0) is 116 Å². The van der Waals surface area contributed by atoms with Gasteiger partial charge in [0.05, 0.1) is 44.1 Å². The van der Waals surface area contributed by atoms with Crippen molar-refractivity contribution in [3.8, 4) is 0 Å². The quantitative estimate of drug-likeness (QED) is 0.0652. The van der Waals surface area contributed by atoms with Crippen LogP contribution in [0.3, 0.4) is 0 Å². The molecule has 0 spiro atoms. The van der Waals surface area contributed by atoms with Crippen LogP contribution in [0, 0.1) is 50.2 Å². The summed E-state index contributed by atoms with van der Waals surface area (Å²) in [6, 6.07) is 0. The standard InChI is InChI=1S/C57H92O24/c1-24-43(78-46-38(66)34(62)27(59)21-72-46)37(65)40(68)49(75-24)80-45-29(61)22-73-47(41(45)69)79-44-28(60)23-74-48(42(44)70)81-51(71)57-17-15-52(2,3)19-26(57)25-9-10-32-54(6)13-12-33(77-50-39(67)36(64)35(63)30(20-58)76-50)53(4,5)31(54)11-14-56(32,8)55(25,7)16-18-57/h9,24,26-50,58-70H,10-23H2,1-8H3/t24-,26-,27+,28-,29+,30+,31-,32+,33-,34-,35-,36-,37-,38+,39+,40+,41+,42+,43-,44-,45-,46-,47-,48-,49-,50-,54-,55+,56+,57-/m0/s1. The molecule has 464 valence electrons. The number of carbonyl (C=O) groups excluding carboxylic acids is 1. The first-order valence-electron chi connectivity index (χ1n) is 29.4. The number of ether oxygens (including phenoxy) is 10. The second-order valence-electron chi connectivity index (χ2n) is 27.7. The number of hydrogen-bond donors (Lipinski definition) is 13. The molecular formula is C57H92O24. The summed E-state index contributed by atoms with van der Waals surface area (Å²) in [5.74, 6) is -0.224. The van der Waals surface area contributed by atoms with Crippen molar-refractivity contribution < 1.29 is 119 Å². The number of esters is 1. The summed E-state index contributed by atoms with van der Waals surface area (Å²) in [6.07, 6.45) is -24.3. The average Bonchev–Trinajstić information content (AvgIpc) is 3.60. The molecule has 9 fully saturated rings. The van der Waals surface area contributed by atoms with Gasteiger partial charge in [-0.15, -0.1) is 0 Å². The highest BCUT2D eigenvalue weighted by molar-refractivity contribution is 5.79. The van der Waals surface area contributed by atoms with E-state index in [1.807, 2.05) is 0 Å². The fourth-order valence-corrected chi connectivity index (χ4v) is 17.2. The van der Waals surface area contributed by atoms with E-state index in [0.29, 0.717) is 25.7 Å². The third kappa shape index (κ3) is 10.5. The molecule has 0 amide bonds. The minimum atomic E-state index is -1.86. The summed E-state index contributed by atoms with van der Waals surface area (Å²) in [5, 5.41) is 140. The first-order chi connectivity index (χ1) is 37.9. The molecule has 5 aliphatic heterocycles. The van der Waals surface area contributed by atoms with Gasteiger partial charge in [0.1, 0.15) is 97.7 Å². The van der Waals surface area contributed by atoms with E-state index in [1.165, 1.54) is 12.5 Å². The first kappa shape index (κ1) is 62.4. The van der Waals surface area contributed by atoms with Crippen molar-refractivity contribution in [2.75, 3.05) is 26.4 Å². The normalized spacial score (nSPS) is 54.4. The molecule has 13 N–H and O–H groups in total. The first-order valence-corrected chi connectivity index (χ1v) is 29.4. The van der Waals surface area contributed by atoms with Crippen molar-refractivity contribution in [3.05, 3.63) is 11.6 Å². The van der Waals surface area contributed by atoms with Crippen molar-refractivity contribution in [3.63, 3.8) is 0 Å². The second-order valence-corrected chi connectivity index (χ2v) is 27.7. The summed E-state index contributed by atoms with van der Waals surface area (Å²) in [5.41, 5.74) is -0.766. The van der Waals surface area contributed by atoms with E-state index in [9.17, 15) is 66.4 Å². The zero-order valence-corrected chi connectivity index (χ0v) is 47.8. The highest BCUT2D eigenvalue weighted by atomic mass is 16.8. The summed E-state index contributed by atoms with van der Waals surface area (Å²) in [4.78, 5) is 15.2. The van der Waals surface area contributed by atoms with Crippen LogP contribution in [0.5, 0.6) is 0 Å². The largest absolute Gasteiger partial charge is 0.432 e. The minimum Gasteiger partial charge on any atom is -0.432 e. The zero-order chi connectivity index (χ0) is 58.8. The Bertz CT molecular complexity index is 2250. The SMILES string of the molecule is C[C@@H]1O[C@@H](O[C@@H]2[C@@H](O)[C@H](O[C@@H]3[C@@H](O)[C@H](OC(=O)[C@]45CCC(C)(C)C[C@H]4C4=CC[C@@H]6[C@@]7(C)CC[C@H](O[C@@H]8O[C@H](CO)[C@H](O)[C@H](O)[C@H]8O)C(C)(C)[C@@H]7CC[C@@]6(C)[C@]4(C)CC5)OC[C@@H]3O)OC[C@H]2O)[C@H](O)[C@H](O)[C@H]1O[C@@H]1OC[C@@H](O)[C@H](O)[C@H]1O. The molecule has 5 heterocycles. The monoisotopic (exact) mass is 1160 g/mol. The number of hydrogen-bond acceptors (Lipinski definition) is 24. The summed E-state index contributed by atoms with van der Waals surface area (Å²) in [7, 11) is 0. The molecule has 30 atom stereocenters. The van der Waals surface area contributed by atoms with Crippen LogP contribution in [-0.4, -0.2) is 240 Å². The smallest absolute Gasteiger partial charge is 0.315 e. The van der Waals surface area contributed by atoms with E-state index in [1.54, 1.807) is 0 Å². The Morgan fingerprint density at radius 2 is 1.11 bits per heavy atom. The Morgan fingerprint density at radius 3 is 1.78 bits per heavy atom. The maximum atomic E-state index is 15.2. The molecule has 0 radical (unpaired) electrons. The van der Waals surface area contributed by atoms with Gasteiger partial charge in [0.2, 0.25) is 6.29 Å². The van der Waals surface area contributed by atoms with Crippen LogP contribution >= 0.6 is 0 Å². The Morgan fingerprint density at radius 1 is 0.556 bits per heavy atom. The van der Waals surface area contributed by atoms with Gasteiger partial charge >= 0.3 is 5.97 Å². The van der Waals surface area contributed by atoms with Crippen LogP contribution in [0.4, 0.5) is 0 Å². The van der Waals surface area contributed by atoms with Crippen molar-refractivity contribution in [1.82, 2.24) is 0 Å². The fourth-order valence-electron chi connectivity index (χ4n) is 17.2. The molecule has 24 nitrogen and oxygen atoms in total. The summed E-state index contributed by atoms with van der Waals surface area (Å²) >= 11 is 0. The molecule has 4 saturated carbocycles. The fraction of sp³-hybridized carbons (Fsp3) is 0.947. The van der Waals surface area contributed by atoms with E-state index in [-0.39, 0.29) is 57.5 Å². The van der Waals surface area contributed by atoms with Crippen LogP contribution in [0.15, 0.2) is 11.6 Å². The number of fused-ring (bicyclic) bond motifs is 7. The maximum Gasteiger partial charge on any atom is 0.315 e. The molecule has 5 aliphatic carbocycles. The molecule has 0 aromatic rings. The molecule has 0 bridgehead atoms. The molecule has 24 heteroatoms. The molecule has 0 aromatic carbocycles. The summed E-state index contributed by atoms with van der Waals surface area (Å²) in [6.45, 7) is 15.8. The lowest BCUT2D eigenvalue weighted by Crippen LogP contribution is -2.66. The van der Waals surface area contributed by atoms with Crippen LogP contribution in [0.2, 0.25) is 0 Å². The molecule has 10 aliphatic rings. The molecule has 5 saturated heterocycles. The minimum absolute atomic E-state index is 0.111. The molecule has 10 rings (SSSR count). The molecular weight excluding hydrogens is 1070 g/mol. The maximum absolute atomic E-state index is 15.2. The van der Waals surface area contributed by atoms with Crippen molar-refractivity contribution in [2.45, 2.75) is 261 Å². The Hall–Kier alpha value is -1.67. The lowest BCUT2D eigenvalue weighted by molar-refractivity contribution is -0.372. The number of carbonyl (C=O) groups is 1. The van der Waals surface area contributed by atoms with Gasteiger partial charge < -0.3 is 114 Å². The van der Waals surface area contributed by atoms with Crippen molar-refractivity contribution in [2.24, 2.45) is 50.2 Å². The highest BCUT2D eigenvalue weighted by Crippen LogP contribution is 2.76. The van der Waals surface area contributed by atoms with Gasteiger partial charge in [-0.1, -0.05) is 60.1 Å². The van der Waals surface area contributed by atoms with Crippen LogP contribution in [-0.2, 0) is 52.2 Å². The second kappa shape index (κ2) is 22.8. The van der Waals surface area contributed by atoms with E-state index < -0.39 is 166 Å². The van der Waals surface area contributed by atoms with Gasteiger partial charge in [-0.25, -0.2) is 0 Å². The number of allylic oxidation sites excluding steroid dienone is 2. The molecule has 0 unspecified atom stereocenters. The van der Waals surface area contributed by atoms with E-state index >= 15 is 4.79 Å². The summed E-state index contributed by atoms with van der Waals surface area (Å²) < 4.78 is 58.8. The van der Waals surface area contributed by atoms with E-state index in [4.69, 9.17) is 47.4 Å². The topological polar surface area (TPSA) is 372 Å².